The molecule has 0 aliphatic heterocycles. The molecule has 1 amide bonds. The topological polar surface area (TPSA) is 106 Å². The minimum atomic E-state index is -4.68. The van der Waals surface area contributed by atoms with Crippen LogP contribution in [0.25, 0.3) is 6.08 Å². The molecule has 12 heteroatoms. The number of carbonyl (C=O) groups excluding carboxylic acids is 1. The zero-order valence-corrected chi connectivity index (χ0v) is 22.6. The van der Waals surface area contributed by atoms with Crippen LogP contribution in [0.2, 0.25) is 0 Å². The molecule has 39 heavy (non-hydrogen) atoms. The van der Waals surface area contributed by atoms with E-state index in [9.17, 15) is 23.2 Å². The number of nitrogens with one attached hydrogen (secondary N) is 1. The van der Waals surface area contributed by atoms with Crippen LogP contribution in [0.15, 0.2) is 48.0 Å². The van der Waals surface area contributed by atoms with Crippen molar-refractivity contribution in [3.8, 4) is 23.3 Å². The number of nitrogens with zero attached hydrogens (tertiary/aromatic N) is 3. The van der Waals surface area contributed by atoms with Crippen molar-refractivity contribution in [1.29, 1.82) is 5.26 Å². The van der Waals surface area contributed by atoms with Gasteiger partial charge in [0.05, 0.1) is 6.61 Å². The number of benzene rings is 2. The maximum absolute atomic E-state index is 12.7. The first-order valence-electron chi connectivity index (χ1n) is 11.9. The molecule has 2 aromatic carbocycles. The predicted octanol–water partition coefficient (Wildman–Crippen LogP) is 6.26. The highest BCUT2D eigenvalue weighted by Crippen LogP contribution is 2.33. The molecule has 1 aromatic heterocycles. The summed E-state index contributed by atoms with van der Waals surface area (Å²) in [4.78, 5) is 12.4. The lowest BCUT2D eigenvalue weighted by Gasteiger charge is -2.19. The molecular weight excluding hydrogens is 533 g/mol. The maximum Gasteiger partial charge on any atom is 0.445 e. The monoisotopic (exact) mass is 560 g/mol. The first-order chi connectivity index (χ1) is 18.4. The van der Waals surface area contributed by atoms with Crippen molar-refractivity contribution in [3.05, 3.63) is 64.2 Å². The predicted molar refractivity (Wildman–Crippen MR) is 141 cm³/mol. The summed E-state index contributed by atoms with van der Waals surface area (Å²) in [7, 11) is 0. The Balaban J connectivity index is 1.63. The lowest BCUT2D eigenvalue weighted by Crippen LogP contribution is -2.13. The minimum Gasteiger partial charge on any atom is -0.490 e. The van der Waals surface area contributed by atoms with Crippen LogP contribution >= 0.6 is 11.3 Å². The SMILES string of the molecule is CCOc1cc(/C=C(/C#N)C(=O)Nc2nnc(C(F)(F)F)s2)ccc1OCCOc1ccc(C(C)(C)C)cc1. The second-order valence-electron chi connectivity index (χ2n) is 9.14. The Labute approximate surface area is 228 Å². The third kappa shape index (κ3) is 8.44. The van der Waals surface area contributed by atoms with E-state index in [0.717, 1.165) is 5.75 Å². The number of nitriles is 1. The van der Waals surface area contributed by atoms with Gasteiger partial charge in [-0.3, -0.25) is 10.1 Å². The molecule has 1 heterocycles. The van der Waals surface area contributed by atoms with E-state index in [1.165, 1.54) is 11.6 Å². The molecule has 0 saturated heterocycles. The number of carbonyl (C=O) groups is 1. The van der Waals surface area contributed by atoms with Gasteiger partial charge in [0.1, 0.15) is 30.6 Å². The molecule has 0 atom stereocenters. The van der Waals surface area contributed by atoms with Gasteiger partial charge in [0.15, 0.2) is 11.5 Å². The van der Waals surface area contributed by atoms with Crippen LogP contribution in [-0.4, -0.2) is 35.9 Å². The van der Waals surface area contributed by atoms with Crippen LogP contribution in [0.1, 0.15) is 43.8 Å². The molecule has 0 fully saturated rings. The fourth-order valence-corrected chi connectivity index (χ4v) is 3.84. The highest BCUT2D eigenvalue weighted by Gasteiger charge is 2.36. The molecule has 0 aliphatic rings. The van der Waals surface area contributed by atoms with E-state index in [1.807, 2.05) is 24.3 Å². The average molecular weight is 561 g/mol. The number of alkyl halides is 3. The Kier molecular flexibility index (Phi) is 9.53. The van der Waals surface area contributed by atoms with Crippen molar-refractivity contribution in [2.45, 2.75) is 39.3 Å². The average Bonchev–Trinajstić information content (AvgIpc) is 3.35. The van der Waals surface area contributed by atoms with E-state index >= 15 is 0 Å². The molecular formula is C27H27F3N4O4S. The van der Waals surface area contributed by atoms with Gasteiger partial charge >= 0.3 is 6.18 Å². The van der Waals surface area contributed by atoms with Crippen LogP contribution in [0.5, 0.6) is 17.2 Å². The molecule has 0 spiro atoms. The smallest absolute Gasteiger partial charge is 0.445 e. The molecule has 0 radical (unpaired) electrons. The maximum atomic E-state index is 12.7. The normalized spacial score (nSPS) is 12.0. The number of hydrogen-bond acceptors (Lipinski definition) is 8. The summed E-state index contributed by atoms with van der Waals surface area (Å²) in [5, 5.41) is 16.3. The molecule has 0 aliphatic carbocycles. The number of anilines is 1. The summed E-state index contributed by atoms with van der Waals surface area (Å²) in [6, 6.07) is 14.4. The second kappa shape index (κ2) is 12.6. The Bertz CT molecular complexity index is 1360. The zero-order valence-electron chi connectivity index (χ0n) is 21.8. The quantitative estimate of drug-likeness (QED) is 0.177. The molecule has 0 saturated carbocycles. The lowest BCUT2D eigenvalue weighted by molar-refractivity contribution is -0.138. The van der Waals surface area contributed by atoms with Gasteiger partial charge in [0.25, 0.3) is 5.91 Å². The van der Waals surface area contributed by atoms with Crippen LogP contribution in [-0.2, 0) is 16.4 Å². The van der Waals surface area contributed by atoms with E-state index < -0.39 is 17.1 Å². The highest BCUT2D eigenvalue weighted by atomic mass is 32.1. The summed E-state index contributed by atoms with van der Waals surface area (Å²) in [5.41, 5.74) is 1.35. The first-order valence-corrected chi connectivity index (χ1v) is 12.7. The van der Waals surface area contributed by atoms with Crippen LogP contribution < -0.4 is 19.5 Å². The summed E-state index contributed by atoms with van der Waals surface area (Å²) < 4.78 is 55.3. The van der Waals surface area contributed by atoms with Gasteiger partial charge in [-0.15, -0.1) is 10.2 Å². The van der Waals surface area contributed by atoms with E-state index in [2.05, 4.69) is 36.3 Å². The number of aromatic nitrogens is 2. The Morgan fingerprint density at radius 3 is 2.31 bits per heavy atom. The summed E-state index contributed by atoms with van der Waals surface area (Å²) in [6.45, 7) is 9.08. The lowest BCUT2D eigenvalue weighted by atomic mass is 9.87. The van der Waals surface area contributed by atoms with Gasteiger partial charge in [0, 0.05) is 0 Å². The largest absolute Gasteiger partial charge is 0.490 e. The van der Waals surface area contributed by atoms with Gasteiger partial charge in [-0.25, -0.2) is 0 Å². The van der Waals surface area contributed by atoms with Crippen molar-refractivity contribution in [1.82, 2.24) is 10.2 Å². The summed E-state index contributed by atoms with van der Waals surface area (Å²) in [5.74, 6) is 0.630. The van der Waals surface area contributed by atoms with Crippen LogP contribution in [0.4, 0.5) is 18.3 Å². The van der Waals surface area contributed by atoms with Crippen LogP contribution in [0, 0.1) is 11.3 Å². The molecule has 8 nitrogen and oxygen atoms in total. The Hall–Kier alpha value is -4.11. The van der Waals surface area contributed by atoms with E-state index in [1.54, 1.807) is 31.2 Å². The van der Waals surface area contributed by atoms with Gasteiger partial charge < -0.3 is 14.2 Å². The van der Waals surface area contributed by atoms with E-state index in [4.69, 9.17) is 14.2 Å². The summed E-state index contributed by atoms with van der Waals surface area (Å²) in [6.07, 6.45) is -3.41. The molecule has 0 unspecified atom stereocenters. The fraction of sp³-hybridized carbons (Fsp3) is 0.333. The number of ether oxygens (including phenoxy) is 3. The van der Waals surface area contributed by atoms with E-state index in [-0.39, 0.29) is 34.1 Å². The number of amides is 1. The van der Waals surface area contributed by atoms with Crippen molar-refractivity contribution < 1.29 is 32.2 Å². The third-order valence-electron chi connectivity index (χ3n) is 5.16. The highest BCUT2D eigenvalue weighted by molar-refractivity contribution is 7.15. The van der Waals surface area contributed by atoms with Crippen molar-refractivity contribution in [3.63, 3.8) is 0 Å². The van der Waals surface area contributed by atoms with Gasteiger partial charge in [0.2, 0.25) is 10.1 Å². The Morgan fingerprint density at radius 2 is 1.72 bits per heavy atom. The molecule has 3 aromatic rings. The van der Waals surface area contributed by atoms with Crippen molar-refractivity contribution in [2.75, 3.05) is 25.1 Å². The van der Waals surface area contributed by atoms with Gasteiger partial charge in [-0.2, -0.15) is 18.4 Å². The van der Waals surface area contributed by atoms with Crippen LogP contribution in [0.3, 0.4) is 0 Å². The third-order valence-corrected chi connectivity index (χ3v) is 6.05. The Morgan fingerprint density at radius 1 is 1.03 bits per heavy atom. The minimum absolute atomic E-state index is 0.0515. The second-order valence-corrected chi connectivity index (χ2v) is 10.1. The van der Waals surface area contributed by atoms with Gasteiger partial charge in [-0.1, -0.05) is 50.3 Å². The van der Waals surface area contributed by atoms with Crippen molar-refractivity contribution in [2.24, 2.45) is 0 Å². The molecule has 0 bridgehead atoms. The first kappa shape index (κ1) is 29.4. The zero-order chi connectivity index (χ0) is 28.6. The van der Waals surface area contributed by atoms with Gasteiger partial charge in [-0.05, 0) is 53.8 Å². The summed E-state index contributed by atoms with van der Waals surface area (Å²) >= 11 is 0.160. The van der Waals surface area contributed by atoms with E-state index in [0.29, 0.717) is 30.3 Å². The molecule has 206 valence electrons. The molecule has 3 rings (SSSR count). The number of rotatable bonds is 10. The number of hydrogen-bond donors (Lipinski definition) is 1. The van der Waals surface area contributed by atoms with Crippen molar-refractivity contribution >= 4 is 28.5 Å². The number of halogens is 3. The standard InChI is InChI=1S/C27H27F3N4O4S/c1-5-36-22-15-17(14-18(16-31)23(35)32-25-34-33-24(39-25)27(28,29)30)6-11-21(22)38-13-12-37-20-9-7-19(8-10-20)26(2,3)4/h6-11,14-15H,5,12-13H2,1-4H3,(H,32,34,35)/b18-14-. The molecule has 1 N–H and O–H groups in total. The fourth-order valence-electron chi connectivity index (χ4n) is 3.23.